The van der Waals surface area contributed by atoms with Gasteiger partial charge in [-0.25, -0.2) is 23.4 Å². The number of hydrogen-bond acceptors (Lipinski definition) is 6. The predicted octanol–water partition coefficient (Wildman–Crippen LogP) is 3.95. The summed E-state index contributed by atoms with van der Waals surface area (Å²) in [7, 11) is 0. The molecule has 4 rings (SSSR count). The molecule has 6 nitrogen and oxygen atoms in total. The number of anilines is 1. The van der Waals surface area contributed by atoms with E-state index in [1.54, 1.807) is 19.1 Å². The summed E-state index contributed by atoms with van der Waals surface area (Å²) >= 11 is 1.34. The van der Waals surface area contributed by atoms with Gasteiger partial charge in [0.2, 0.25) is 0 Å². The molecule has 4 aromatic rings. The molecule has 0 amide bonds. The van der Waals surface area contributed by atoms with Gasteiger partial charge in [0.25, 0.3) is 0 Å². The van der Waals surface area contributed by atoms with Crippen molar-refractivity contribution in [2.75, 3.05) is 5.73 Å². The summed E-state index contributed by atoms with van der Waals surface area (Å²) in [5.74, 6) is -2.01. The third kappa shape index (κ3) is 3.81. The van der Waals surface area contributed by atoms with Crippen molar-refractivity contribution in [3.8, 4) is 11.3 Å². The average Bonchev–Trinajstić information content (AvgIpc) is 3.42. The number of nitrogens with zero attached hydrogens (tertiary/aromatic N) is 4. The number of rotatable bonds is 6. The molecule has 3 N–H and O–H groups in total. The number of thiazole rings is 1. The molecule has 2 atom stereocenters. The van der Waals surface area contributed by atoms with Crippen LogP contribution in [0.15, 0.2) is 60.5 Å². The fourth-order valence-corrected chi connectivity index (χ4v) is 4.29. The molecule has 2 heterocycles. The molecule has 2 aromatic heterocycles. The Morgan fingerprint density at radius 2 is 1.97 bits per heavy atom. The Morgan fingerprint density at radius 1 is 1.20 bits per heavy atom. The van der Waals surface area contributed by atoms with Crippen LogP contribution in [0.5, 0.6) is 0 Å². The Labute approximate surface area is 175 Å². The third-order valence-corrected chi connectivity index (χ3v) is 6.11. The van der Waals surface area contributed by atoms with Crippen LogP contribution in [0.25, 0.3) is 11.3 Å². The standard InChI is InChI=1S/C21H19F2N5OS/c1-13(20-27-19(9-30-20)14-2-5-16(24)6-3-14)21(29,10-28-12-25-11-26-28)17-8-15(22)4-7-18(17)23/h2-9,11-13,29H,10,24H2,1H3/t13-,21+/m0/s1. The van der Waals surface area contributed by atoms with Crippen LogP contribution in [0.1, 0.15) is 23.4 Å². The van der Waals surface area contributed by atoms with Gasteiger partial charge in [-0.1, -0.05) is 19.1 Å². The molecule has 0 aliphatic carbocycles. The largest absolute Gasteiger partial charge is 0.399 e. The molecule has 0 spiro atoms. The molecular weight excluding hydrogens is 408 g/mol. The summed E-state index contributed by atoms with van der Waals surface area (Å²) in [5.41, 5.74) is 6.00. The summed E-state index contributed by atoms with van der Waals surface area (Å²) in [6.07, 6.45) is 2.73. The maximum Gasteiger partial charge on any atom is 0.137 e. The van der Waals surface area contributed by atoms with Crippen molar-refractivity contribution < 1.29 is 13.9 Å². The molecule has 0 unspecified atom stereocenters. The first-order valence-corrected chi connectivity index (χ1v) is 10.1. The van der Waals surface area contributed by atoms with E-state index in [-0.39, 0.29) is 12.1 Å². The number of hydrogen-bond donors (Lipinski definition) is 2. The summed E-state index contributed by atoms with van der Waals surface area (Å²) in [5, 5.41) is 18.1. The van der Waals surface area contributed by atoms with Crippen LogP contribution in [0.4, 0.5) is 14.5 Å². The van der Waals surface area contributed by atoms with Crippen LogP contribution in [0.2, 0.25) is 0 Å². The number of nitrogens with two attached hydrogens (primary N) is 1. The highest BCUT2D eigenvalue weighted by atomic mass is 32.1. The van der Waals surface area contributed by atoms with Crippen molar-refractivity contribution in [2.24, 2.45) is 0 Å². The van der Waals surface area contributed by atoms with E-state index in [1.807, 2.05) is 17.5 Å². The zero-order chi connectivity index (χ0) is 21.3. The fourth-order valence-electron chi connectivity index (χ4n) is 3.32. The molecule has 9 heteroatoms. The van der Waals surface area contributed by atoms with E-state index < -0.39 is 23.2 Å². The minimum Gasteiger partial charge on any atom is -0.399 e. The zero-order valence-corrected chi connectivity index (χ0v) is 16.9. The van der Waals surface area contributed by atoms with E-state index in [9.17, 15) is 13.9 Å². The molecular formula is C21H19F2N5OS. The first-order valence-electron chi connectivity index (χ1n) is 9.18. The second-order valence-electron chi connectivity index (χ2n) is 7.06. The van der Waals surface area contributed by atoms with Crippen molar-refractivity contribution >= 4 is 17.0 Å². The predicted molar refractivity (Wildman–Crippen MR) is 111 cm³/mol. The summed E-state index contributed by atoms with van der Waals surface area (Å²) in [6.45, 7) is 1.61. The summed E-state index contributed by atoms with van der Waals surface area (Å²) < 4.78 is 30.0. The number of nitrogen functional groups attached to an aromatic ring is 1. The average molecular weight is 427 g/mol. The van der Waals surface area contributed by atoms with Crippen molar-refractivity contribution in [1.82, 2.24) is 19.7 Å². The van der Waals surface area contributed by atoms with E-state index >= 15 is 0 Å². The Balaban J connectivity index is 1.75. The number of aliphatic hydroxyl groups is 1. The van der Waals surface area contributed by atoms with Crippen LogP contribution in [0, 0.1) is 11.6 Å². The summed E-state index contributed by atoms with van der Waals surface area (Å²) in [6, 6.07) is 10.3. The lowest BCUT2D eigenvalue weighted by Crippen LogP contribution is -2.38. The second-order valence-corrected chi connectivity index (χ2v) is 7.95. The van der Waals surface area contributed by atoms with Crippen molar-refractivity contribution in [2.45, 2.75) is 25.0 Å². The van der Waals surface area contributed by atoms with E-state index in [2.05, 4.69) is 15.1 Å². The van der Waals surface area contributed by atoms with Gasteiger partial charge < -0.3 is 10.8 Å². The molecule has 0 fully saturated rings. The van der Waals surface area contributed by atoms with E-state index in [0.717, 1.165) is 23.8 Å². The van der Waals surface area contributed by atoms with Crippen LogP contribution in [-0.4, -0.2) is 24.9 Å². The normalized spacial score (nSPS) is 14.4. The van der Waals surface area contributed by atoms with Gasteiger partial charge >= 0.3 is 0 Å². The van der Waals surface area contributed by atoms with Crippen molar-refractivity contribution in [3.63, 3.8) is 0 Å². The number of aromatic nitrogens is 4. The van der Waals surface area contributed by atoms with Gasteiger partial charge in [0.05, 0.1) is 17.2 Å². The lowest BCUT2D eigenvalue weighted by atomic mass is 9.82. The molecule has 0 aliphatic rings. The molecule has 30 heavy (non-hydrogen) atoms. The molecule has 0 saturated carbocycles. The first kappa shape index (κ1) is 20.1. The van der Waals surface area contributed by atoms with Gasteiger partial charge in [-0.3, -0.25) is 0 Å². The van der Waals surface area contributed by atoms with Gasteiger partial charge in [-0.2, -0.15) is 5.10 Å². The Bertz CT molecular complexity index is 1150. The minimum absolute atomic E-state index is 0.120. The Morgan fingerprint density at radius 3 is 2.67 bits per heavy atom. The van der Waals surface area contributed by atoms with Crippen LogP contribution in [0.3, 0.4) is 0 Å². The lowest BCUT2D eigenvalue weighted by Gasteiger charge is -2.33. The molecule has 0 bridgehead atoms. The molecule has 0 aliphatic heterocycles. The van der Waals surface area contributed by atoms with Gasteiger partial charge in [-0.05, 0) is 30.3 Å². The summed E-state index contributed by atoms with van der Waals surface area (Å²) in [4.78, 5) is 8.51. The van der Waals surface area contributed by atoms with Gasteiger partial charge in [0.1, 0.15) is 29.9 Å². The lowest BCUT2D eigenvalue weighted by molar-refractivity contribution is -0.0114. The Kier molecular flexibility index (Phi) is 5.31. The molecule has 0 saturated heterocycles. The van der Waals surface area contributed by atoms with Gasteiger partial charge in [-0.15, -0.1) is 11.3 Å². The van der Waals surface area contributed by atoms with Crippen molar-refractivity contribution in [3.05, 3.63) is 82.7 Å². The highest BCUT2D eigenvalue weighted by molar-refractivity contribution is 7.10. The molecule has 154 valence electrons. The highest BCUT2D eigenvalue weighted by Gasteiger charge is 2.41. The second kappa shape index (κ2) is 7.92. The van der Waals surface area contributed by atoms with E-state index in [0.29, 0.717) is 16.4 Å². The van der Waals surface area contributed by atoms with Crippen LogP contribution >= 0.6 is 11.3 Å². The maximum absolute atomic E-state index is 14.7. The van der Waals surface area contributed by atoms with Gasteiger partial charge in [0, 0.05) is 28.1 Å². The van der Waals surface area contributed by atoms with E-state index in [1.165, 1.54) is 28.7 Å². The topological polar surface area (TPSA) is 89.8 Å². The molecule has 0 radical (unpaired) electrons. The number of halogens is 2. The smallest absolute Gasteiger partial charge is 0.137 e. The van der Waals surface area contributed by atoms with Gasteiger partial charge in [0.15, 0.2) is 0 Å². The quantitative estimate of drug-likeness (QED) is 0.455. The SMILES string of the molecule is C[C@@H](c1nc(-c2ccc(N)cc2)cs1)[C@](O)(Cn1cncn1)c1cc(F)ccc1F. The highest BCUT2D eigenvalue weighted by Crippen LogP contribution is 2.41. The van der Waals surface area contributed by atoms with E-state index in [4.69, 9.17) is 5.73 Å². The monoisotopic (exact) mass is 427 g/mol. The van der Waals surface area contributed by atoms with Crippen LogP contribution < -0.4 is 5.73 Å². The maximum atomic E-state index is 14.7. The Hall–Kier alpha value is -3.17. The fraction of sp³-hybridized carbons (Fsp3) is 0.190. The minimum atomic E-state index is -1.81. The zero-order valence-electron chi connectivity index (χ0n) is 16.0. The van der Waals surface area contributed by atoms with Crippen LogP contribution in [-0.2, 0) is 12.1 Å². The molecule has 2 aromatic carbocycles. The van der Waals surface area contributed by atoms with Crippen molar-refractivity contribution in [1.29, 1.82) is 0 Å². The first-order chi connectivity index (χ1) is 14.4. The number of benzene rings is 2. The third-order valence-electron chi connectivity index (χ3n) is 5.08.